The second-order valence-corrected chi connectivity index (χ2v) is 9.82. The van der Waals surface area contributed by atoms with E-state index >= 15 is 0 Å². The Morgan fingerprint density at radius 1 is 1.14 bits per heavy atom. The Morgan fingerprint density at radius 2 is 1.92 bits per heavy atom. The Labute approximate surface area is 214 Å². The van der Waals surface area contributed by atoms with E-state index in [1.807, 2.05) is 35.8 Å². The monoisotopic (exact) mass is 505 g/mol. The van der Waals surface area contributed by atoms with Crippen LogP contribution in [-0.2, 0) is 0 Å². The third kappa shape index (κ3) is 4.87. The van der Waals surface area contributed by atoms with Crippen LogP contribution < -0.4 is 22.5 Å². The summed E-state index contributed by atoms with van der Waals surface area (Å²) in [4.78, 5) is 4.45. The second-order valence-electron chi connectivity index (χ2n) is 9.42. The van der Waals surface area contributed by atoms with Gasteiger partial charge in [-0.1, -0.05) is 17.7 Å². The molecule has 0 saturated heterocycles. The summed E-state index contributed by atoms with van der Waals surface area (Å²) in [5.41, 5.74) is 25.0. The molecule has 7 N–H and O–H groups in total. The van der Waals surface area contributed by atoms with Crippen LogP contribution in [0, 0.1) is 12.7 Å². The normalized spacial score (nSPS) is 18.5. The lowest BCUT2D eigenvalue weighted by molar-refractivity contribution is 0.411. The molecule has 0 unspecified atom stereocenters. The third-order valence-corrected chi connectivity index (χ3v) is 7.06. The van der Waals surface area contributed by atoms with E-state index in [2.05, 4.69) is 21.5 Å². The Kier molecular flexibility index (Phi) is 6.55. The molecule has 186 valence electrons. The lowest BCUT2D eigenvalue weighted by Gasteiger charge is -2.28. The highest BCUT2D eigenvalue weighted by molar-refractivity contribution is 6.33. The van der Waals surface area contributed by atoms with Gasteiger partial charge in [-0.25, -0.2) is 13.9 Å². The molecule has 0 bridgehead atoms. The molecule has 36 heavy (non-hydrogen) atoms. The van der Waals surface area contributed by atoms with E-state index in [1.165, 1.54) is 18.2 Å². The van der Waals surface area contributed by atoms with Crippen LogP contribution in [0.5, 0.6) is 0 Å². The Balaban J connectivity index is 1.62. The standard InChI is InChI=1S/C27H29ClFN7/c1-15-10-19(31)5-8-21(15)16-11-25-26(34-20-6-3-18(30)4-7-20)22(13-33-36(25)14-16)27(32)35-24-12-17(29)2-9-23(24)28/h2,5,8-14,18,20,34H,3-4,6-7,30-31H2,1H3,(H2,32,35)/t18-,20-. The summed E-state index contributed by atoms with van der Waals surface area (Å²) >= 11 is 6.24. The first kappa shape index (κ1) is 24.1. The fourth-order valence-corrected chi connectivity index (χ4v) is 4.95. The van der Waals surface area contributed by atoms with Crippen molar-refractivity contribution in [2.45, 2.75) is 44.7 Å². The number of nitrogens with one attached hydrogen (secondary N) is 1. The molecule has 4 aromatic rings. The average molecular weight is 506 g/mol. The molecule has 0 radical (unpaired) electrons. The van der Waals surface area contributed by atoms with Crippen LogP contribution >= 0.6 is 11.6 Å². The van der Waals surface area contributed by atoms with Gasteiger partial charge in [-0.3, -0.25) is 0 Å². The molecule has 9 heteroatoms. The van der Waals surface area contributed by atoms with Gasteiger partial charge in [0.25, 0.3) is 0 Å². The molecule has 0 amide bonds. The van der Waals surface area contributed by atoms with E-state index in [-0.39, 0.29) is 23.6 Å². The number of aliphatic imine (C=N–C) groups is 1. The summed E-state index contributed by atoms with van der Waals surface area (Å²) in [5, 5.41) is 8.61. The predicted molar refractivity (Wildman–Crippen MR) is 145 cm³/mol. The molecule has 0 aliphatic heterocycles. The highest BCUT2D eigenvalue weighted by Crippen LogP contribution is 2.33. The van der Waals surface area contributed by atoms with Crippen LogP contribution in [0.25, 0.3) is 16.6 Å². The number of amidine groups is 1. The van der Waals surface area contributed by atoms with Crippen LogP contribution in [0.4, 0.5) is 21.5 Å². The molecule has 1 aliphatic rings. The topological polar surface area (TPSA) is 120 Å². The molecule has 0 atom stereocenters. The van der Waals surface area contributed by atoms with Gasteiger partial charge in [0, 0.05) is 35.6 Å². The molecular weight excluding hydrogens is 477 g/mol. The van der Waals surface area contributed by atoms with Crippen LogP contribution in [0.15, 0.2) is 59.9 Å². The number of nitrogen functional groups attached to an aromatic ring is 1. The number of nitrogens with two attached hydrogens (primary N) is 3. The quantitative estimate of drug-likeness (QED) is 0.164. The smallest absolute Gasteiger partial charge is 0.135 e. The van der Waals surface area contributed by atoms with Gasteiger partial charge in [-0.2, -0.15) is 5.10 Å². The zero-order chi connectivity index (χ0) is 25.4. The molecule has 1 aliphatic carbocycles. The molecule has 2 aromatic carbocycles. The number of nitrogens with zero attached hydrogens (tertiary/aromatic N) is 3. The van der Waals surface area contributed by atoms with Crippen molar-refractivity contribution in [3.05, 3.63) is 76.8 Å². The first-order valence-corrected chi connectivity index (χ1v) is 12.4. The summed E-state index contributed by atoms with van der Waals surface area (Å²) in [5.74, 6) is -0.245. The average Bonchev–Trinajstić information content (AvgIpc) is 3.27. The highest BCUT2D eigenvalue weighted by Gasteiger charge is 2.22. The van der Waals surface area contributed by atoms with Crippen LogP contribution in [-0.4, -0.2) is 27.5 Å². The van der Waals surface area contributed by atoms with Crippen molar-refractivity contribution in [3.8, 4) is 11.1 Å². The SMILES string of the molecule is Cc1cc(N)ccc1-c1cc2c(N[C@H]3CC[C@H](N)CC3)c(/C(N)=N/c3cc(F)ccc3Cl)cnn2c1. The lowest BCUT2D eigenvalue weighted by atomic mass is 9.91. The van der Waals surface area contributed by atoms with Gasteiger partial charge in [-0.15, -0.1) is 0 Å². The maximum absolute atomic E-state index is 13.8. The molecule has 5 rings (SSSR count). The van der Waals surface area contributed by atoms with Crippen molar-refractivity contribution in [1.29, 1.82) is 0 Å². The number of aromatic nitrogens is 2. The Hall–Kier alpha value is -3.62. The molecule has 1 saturated carbocycles. The van der Waals surface area contributed by atoms with Crippen molar-refractivity contribution in [2.24, 2.45) is 16.5 Å². The summed E-state index contributed by atoms with van der Waals surface area (Å²) in [7, 11) is 0. The zero-order valence-electron chi connectivity index (χ0n) is 20.0. The maximum Gasteiger partial charge on any atom is 0.135 e. The van der Waals surface area contributed by atoms with E-state index in [0.29, 0.717) is 10.6 Å². The predicted octanol–water partition coefficient (Wildman–Crippen LogP) is 5.40. The number of halogens is 2. The molecule has 2 heterocycles. The number of aryl methyl sites for hydroxylation is 1. The summed E-state index contributed by atoms with van der Waals surface area (Å²) in [6, 6.07) is 12.4. The molecular formula is C27H29ClFN7. The van der Waals surface area contributed by atoms with E-state index in [0.717, 1.165) is 59.3 Å². The molecule has 7 nitrogen and oxygen atoms in total. The number of rotatable bonds is 5. The van der Waals surface area contributed by atoms with Crippen LogP contribution in [0.3, 0.4) is 0 Å². The molecule has 2 aromatic heterocycles. The van der Waals surface area contributed by atoms with Gasteiger partial charge in [0.1, 0.15) is 11.7 Å². The minimum absolute atomic E-state index is 0.193. The van der Waals surface area contributed by atoms with E-state index in [1.54, 1.807) is 6.20 Å². The van der Waals surface area contributed by atoms with Crippen LogP contribution in [0.1, 0.15) is 36.8 Å². The largest absolute Gasteiger partial charge is 0.399 e. The van der Waals surface area contributed by atoms with Crippen LogP contribution in [0.2, 0.25) is 5.02 Å². The summed E-state index contributed by atoms with van der Waals surface area (Å²) in [6.45, 7) is 2.03. The van der Waals surface area contributed by atoms with Gasteiger partial charge in [0.2, 0.25) is 0 Å². The third-order valence-electron chi connectivity index (χ3n) is 6.74. The van der Waals surface area contributed by atoms with Crippen molar-refractivity contribution < 1.29 is 4.39 Å². The second kappa shape index (κ2) is 9.79. The summed E-state index contributed by atoms with van der Waals surface area (Å²) in [6.07, 6.45) is 7.46. The fraction of sp³-hybridized carbons (Fsp3) is 0.259. The first-order valence-electron chi connectivity index (χ1n) is 12.0. The van der Waals surface area contributed by atoms with Crippen molar-refractivity contribution in [1.82, 2.24) is 9.61 Å². The number of fused-ring (bicyclic) bond motifs is 1. The number of benzene rings is 2. The van der Waals surface area contributed by atoms with Gasteiger partial charge in [-0.05, 0) is 74.1 Å². The maximum atomic E-state index is 13.8. The molecule has 0 spiro atoms. The number of hydrogen-bond donors (Lipinski definition) is 4. The van der Waals surface area contributed by atoms with E-state index < -0.39 is 5.82 Å². The Bertz CT molecular complexity index is 1450. The lowest BCUT2D eigenvalue weighted by Crippen LogP contribution is -2.33. The fourth-order valence-electron chi connectivity index (χ4n) is 4.79. The molecule has 1 fully saturated rings. The Morgan fingerprint density at radius 3 is 2.67 bits per heavy atom. The number of anilines is 2. The van der Waals surface area contributed by atoms with Crippen molar-refractivity contribution in [2.75, 3.05) is 11.1 Å². The summed E-state index contributed by atoms with van der Waals surface area (Å²) < 4.78 is 15.7. The van der Waals surface area contributed by atoms with Gasteiger partial charge in [0.15, 0.2) is 0 Å². The first-order chi connectivity index (χ1) is 17.3. The number of hydrogen-bond acceptors (Lipinski definition) is 5. The zero-order valence-corrected chi connectivity index (χ0v) is 20.8. The minimum atomic E-state index is -0.438. The van der Waals surface area contributed by atoms with Crippen molar-refractivity contribution in [3.63, 3.8) is 0 Å². The van der Waals surface area contributed by atoms with E-state index in [4.69, 9.17) is 28.8 Å². The van der Waals surface area contributed by atoms with Crippen molar-refractivity contribution >= 4 is 40.0 Å². The highest BCUT2D eigenvalue weighted by atomic mass is 35.5. The van der Waals surface area contributed by atoms with Gasteiger partial charge in [0.05, 0.1) is 33.7 Å². The van der Waals surface area contributed by atoms with E-state index in [9.17, 15) is 4.39 Å². The minimum Gasteiger partial charge on any atom is -0.399 e. The van der Waals surface area contributed by atoms with Gasteiger partial charge < -0.3 is 22.5 Å². The van der Waals surface area contributed by atoms with Gasteiger partial charge >= 0.3 is 0 Å².